The lowest BCUT2D eigenvalue weighted by molar-refractivity contribution is -0.0586. The van der Waals surface area contributed by atoms with Gasteiger partial charge in [0.05, 0.1) is 18.8 Å². The minimum absolute atomic E-state index is 0.0535. The Morgan fingerprint density at radius 3 is 2.58 bits per heavy atom. The molecule has 0 aliphatic carbocycles. The monoisotopic (exact) mass is 365 g/mol. The van der Waals surface area contributed by atoms with Crippen molar-refractivity contribution in [3.63, 3.8) is 0 Å². The number of ether oxygens (including phenoxy) is 1. The van der Waals surface area contributed by atoms with E-state index in [4.69, 9.17) is 16.3 Å². The highest BCUT2D eigenvalue weighted by Crippen LogP contribution is 2.20. The highest BCUT2D eigenvalue weighted by molar-refractivity contribution is 7.15. The van der Waals surface area contributed by atoms with Crippen LogP contribution in [0.4, 0.5) is 5.69 Å². The van der Waals surface area contributed by atoms with Gasteiger partial charge in [-0.1, -0.05) is 11.6 Å². The van der Waals surface area contributed by atoms with Crippen LogP contribution in [0.2, 0.25) is 4.47 Å². The molecule has 24 heavy (non-hydrogen) atoms. The summed E-state index contributed by atoms with van der Waals surface area (Å²) in [6.07, 6.45) is 1.91. The zero-order valence-electron chi connectivity index (χ0n) is 13.7. The average Bonchev–Trinajstić information content (AvgIpc) is 2.97. The number of nitrogens with one attached hydrogen (secondary N) is 1. The van der Waals surface area contributed by atoms with Gasteiger partial charge in [0, 0.05) is 35.4 Å². The van der Waals surface area contributed by atoms with Gasteiger partial charge in [0.1, 0.15) is 0 Å². The molecular weight excluding hydrogens is 346 g/mol. The van der Waals surface area contributed by atoms with E-state index < -0.39 is 0 Å². The van der Waals surface area contributed by atoms with Crippen LogP contribution in [0.25, 0.3) is 0 Å². The summed E-state index contributed by atoms with van der Waals surface area (Å²) in [5, 5.41) is 3.30. The van der Waals surface area contributed by atoms with E-state index >= 15 is 0 Å². The van der Waals surface area contributed by atoms with Gasteiger partial charge < -0.3 is 15.0 Å². The van der Waals surface area contributed by atoms with Gasteiger partial charge >= 0.3 is 0 Å². The number of hydrogen-bond acceptors (Lipinski definition) is 5. The van der Waals surface area contributed by atoms with E-state index in [2.05, 4.69) is 10.3 Å². The van der Waals surface area contributed by atoms with Crippen LogP contribution in [0.1, 0.15) is 29.1 Å². The van der Waals surface area contributed by atoms with Gasteiger partial charge in [-0.3, -0.25) is 4.79 Å². The molecule has 2 unspecified atom stereocenters. The van der Waals surface area contributed by atoms with Gasteiger partial charge in [-0.05, 0) is 38.1 Å². The summed E-state index contributed by atoms with van der Waals surface area (Å²) in [4.78, 5) is 19.6. The maximum Gasteiger partial charge on any atom is 0.254 e. The number of carbonyl (C=O) groups is 1. The first-order chi connectivity index (χ1) is 11.5. The summed E-state index contributed by atoms with van der Waals surface area (Å²) in [5.41, 5.74) is 1.66. The van der Waals surface area contributed by atoms with Crippen LogP contribution < -0.4 is 5.32 Å². The molecule has 0 saturated carbocycles. The Balaban J connectivity index is 1.60. The van der Waals surface area contributed by atoms with Crippen LogP contribution in [0.3, 0.4) is 0 Å². The van der Waals surface area contributed by atoms with Crippen molar-refractivity contribution in [2.75, 3.05) is 18.4 Å². The quantitative estimate of drug-likeness (QED) is 0.898. The third kappa shape index (κ3) is 4.26. The number of hydrogen-bond donors (Lipinski definition) is 1. The molecule has 2 aromatic rings. The van der Waals surface area contributed by atoms with Crippen LogP contribution in [-0.2, 0) is 11.3 Å². The van der Waals surface area contributed by atoms with Gasteiger partial charge in [-0.25, -0.2) is 4.98 Å². The Hall–Kier alpha value is -1.63. The first-order valence-corrected chi connectivity index (χ1v) is 9.09. The zero-order valence-corrected chi connectivity index (χ0v) is 15.2. The second-order valence-corrected chi connectivity index (χ2v) is 7.68. The standard InChI is InChI=1S/C17H20ClN3O2S/c1-11-9-21(10-12(2)23-11)16(22)13-3-5-14(6-4-13)19-7-15-8-20-17(18)24-15/h3-6,8,11-12,19H,7,9-10H2,1-2H3. The molecule has 0 radical (unpaired) electrons. The maximum atomic E-state index is 12.6. The van der Waals surface area contributed by atoms with E-state index in [1.165, 1.54) is 11.3 Å². The van der Waals surface area contributed by atoms with Crippen molar-refractivity contribution in [3.05, 3.63) is 45.4 Å². The van der Waals surface area contributed by atoms with Crippen molar-refractivity contribution in [1.82, 2.24) is 9.88 Å². The molecule has 1 aromatic heterocycles. The van der Waals surface area contributed by atoms with Gasteiger partial charge in [0.15, 0.2) is 4.47 Å². The first kappa shape index (κ1) is 17.2. The lowest BCUT2D eigenvalue weighted by atomic mass is 10.1. The number of aromatic nitrogens is 1. The third-order valence-electron chi connectivity index (χ3n) is 3.83. The number of carbonyl (C=O) groups excluding carboxylic acids is 1. The van der Waals surface area contributed by atoms with E-state index in [-0.39, 0.29) is 18.1 Å². The molecule has 0 spiro atoms. The van der Waals surface area contributed by atoms with Gasteiger partial charge in [0.2, 0.25) is 0 Å². The second kappa shape index (κ2) is 7.51. The molecule has 1 amide bonds. The SMILES string of the molecule is CC1CN(C(=O)c2ccc(NCc3cnc(Cl)s3)cc2)CC(C)O1. The first-order valence-electron chi connectivity index (χ1n) is 7.90. The number of halogens is 1. The van der Waals surface area contributed by atoms with Crippen molar-refractivity contribution >= 4 is 34.5 Å². The Labute approximate surface area is 150 Å². The van der Waals surface area contributed by atoms with Crippen LogP contribution in [0.5, 0.6) is 0 Å². The zero-order chi connectivity index (χ0) is 17.1. The van der Waals surface area contributed by atoms with E-state index in [0.717, 1.165) is 10.6 Å². The molecule has 7 heteroatoms. The minimum Gasteiger partial charge on any atom is -0.380 e. The Morgan fingerprint density at radius 1 is 1.33 bits per heavy atom. The molecular formula is C17H20ClN3O2S. The molecule has 1 aliphatic rings. The number of rotatable bonds is 4. The van der Waals surface area contributed by atoms with E-state index in [9.17, 15) is 4.79 Å². The molecule has 5 nitrogen and oxygen atoms in total. The van der Waals surface area contributed by atoms with Crippen molar-refractivity contribution in [2.45, 2.75) is 32.6 Å². The molecule has 1 aromatic carbocycles. The van der Waals surface area contributed by atoms with Crippen LogP contribution in [0.15, 0.2) is 30.5 Å². The van der Waals surface area contributed by atoms with E-state index in [1.807, 2.05) is 43.0 Å². The molecule has 1 saturated heterocycles. The Morgan fingerprint density at radius 2 is 2.00 bits per heavy atom. The average molecular weight is 366 g/mol. The number of anilines is 1. The fourth-order valence-corrected chi connectivity index (χ4v) is 3.73. The predicted octanol–water partition coefficient (Wildman–Crippen LogP) is 3.66. The van der Waals surface area contributed by atoms with E-state index in [0.29, 0.717) is 29.7 Å². The maximum absolute atomic E-state index is 12.6. The highest BCUT2D eigenvalue weighted by atomic mass is 35.5. The highest BCUT2D eigenvalue weighted by Gasteiger charge is 2.26. The van der Waals surface area contributed by atoms with Crippen molar-refractivity contribution in [1.29, 1.82) is 0 Å². The van der Waals surface area contributed by atoms with Gasteiger partial charge in [-0.15, -0.1) is 11.3 Å². The van der Waals surface area contributed by atoms with Gasteiger partial charge in [0.25, 0.3) is 5.91 Å². The van der Waals surface area contributed by atoms with Crippen LogP contribution in [0, 0.1) is 0 Å². The lowest BCUT2D eigenvalue weighted by Crippen LogP contribution is -2.48. The fraction of sp³-hybridized carbons (Fsp3) is 0.412. The van der Waals surface area contributed by atoms with Crippen LogP contribution >= 0.6 is 22.9 Å². The predicted molar refractivity (Wildman–Crippen MR) is 96.8 cm³/mol. The van der Waals surface area contributed by atoms with Crippen molar-refractivity contribution in [3.8, 4) is 0 Å². The molecule has 1 aliphatic heterocycles. The van der Waals surface area contributed by atoms with Gasteiger partial charge in [-0.2, -0.15) is 0 Å². The summed E-state index contributed by atoms with van der Waals surface area (Å²) in [6, 6.07) is 7.55. The summed E-state index contributed by atoms with van der Waals surface area (Å²) < 4.78 is 6.22. The summed E-state index contributed by atoms with van der Waals surface area (Å²) in [7, 11) is 0. The molecule has 2 atom stereocenters. The normalized spacial score (nSPS) is 20.9. The number of nitrogens with zero attached hydrogens (tertiary/aromatic N) is 2. The Bertz CT molecular complexity index is 694. The largest absolute Gasteiger partial charge is 0.380 e. The fourth-order valence-electron chi connectivity index (χ4n) is 2.81. The van der Waals surface area contributed by atoms with Crippen molar-refractivity contribution < 1.29 is 9.53 Å². The number of morpholine rings is 1. The summed E-state index contributed by atoms with van der Waals surface area (Å²) >= 11 is 7.27. The Kier molecular flexibility index (Phi) is 5.38. The third-order valence-corrected chi connectivity index (χ3v) is 4.95. The van der Waals surface area contributed by atoms with Crippen molar-refractivity contribution in [2.24, 2.45) is 0 Å². The smallest absolute Gasteiger partial charge is 0.254 e. The van der Waals surface area contributed by atoms with E-state index in [1.54, 1.807) is 6.20 Å². The number of thiazole rings is 1. The summed E-state index contributed by atoms with van der Waals surface area (Å²) in [5.74, 6) is 0.0535. The summed E-state index contributed by atoms with van der Waals surface area (Å²) in [6.45, 7) is 5.92. The second-order valence-electron chi connectivity index (χ2n) is 5.98. The molecule has 2 heterocycles. The van der Waals surface area contributed by atoms with Crippen LogP contribution in [-0.4, -0.2) is 41.1 Å². The molecule has 1 N–H and O–H groups in total. The molecule has 0 bridgehead atoms. The minimum atomic E-state index is 0.0535. The molecule has 3 rings (SSSR count). The number of amides is 1. The lowest BCUT2D eigenvalue weighted by Gasteiger charge is -2.35. The molecule has 128 valence electrons. The topological polar surface area (TPSA) is 54.5 Å². The molecule has 1 fully saturated rings. The number of benzene rings is 1.